The van der Waals surface area contributed by atoms with Gasteiger partial charge in [0, 0.05) is 18.2 Å². The topological polar surface area (TPSA) is 27.7 Å². The van der Waals surface area contributed by atoms with Crippen LogP contribution >= 0.6 is 0 Å². The number of hydrogen-bond donors (Lipinski definition) is 0. The van der Waals surface area contributed by atoms with Gasteiger partial charge in [0.1, 0.15) is 30.5 Å². The van der Waals surface area contributed by atoms with Gasteiger partial charge >= 0.3 is 0 Å². The third-order valence-corrected chi connectivity index (χ3v) is 9.89. The molecular formula is C26H32O3Si. The molecule has 0 bridgehead atoms. The molecule has 0 radical (unpaired) electrons. The summed E-state index contributed by atoms with van der Waals surface area (Å²) in [7, 11) is -1.98. The highest BCUT2D eigenvalue weighted by Gasteiger charge is 2.39. The minimum absolute atomic E-state index is 0.110. The molecule has 0 aromatic heterocycles. The Morgan fingerprint density at radius 3 is 1.43 bits per heavy atom. The third kappa shape index (κ3) is 6.14. The number of benzene rings is 3. The summed E-state index contributed by atoms with van der Waals surface area (Å²) in [5, 5.41) is 0.110. The molecular weight excluding hydrogens is 388 g/mol. The van der Waals surface area contributed by atoms with E-state index < -0.39 is 8.32 Å². The predicted molar refractivity (Wildman–Crippen MR) is 126 cm³/mol. The number of ether oxygens (including phenoxy) is 2. The maximum Gasteiger partial charge on any atom is 0.250 e. The Kier molecular flexibility index (Phi) is 6.88. The summed E-state index contributed by atoms with van der Waals surface area (Å²) in [4.78, 5) is 0. The zero-order chi connectivity index (χ0) is 21.6. The third-order valence-electron chi connectivity index (χ3n) is 5.53. The average molecular weight is 421 g/mol. The largest absolute Gasteiger partial charge is 0.543 e. The second-order valence-electron chi connectivity index (χ2n) is 9.05. The van der Waals surface area contributed by atoms with E-state index in [4.69, 9.17) is 13.9 Å². The van der Waals surface area contributed by atoms with E-state index in [2.05, 4.69) is 58.1 Å². The predicted octanol–water partition coefficient (Wildman–Crippen LogP) is 7.23. The summed E-state index contributed by atoms with van der Waals surface area (Å²) >= 11 is 0. The van der Waals surface area contributed by atoms with Crippen LogP contribution in [0, 0.1) is 0 Å². The van der Waals surface area contributed by atoms with E-state index in [0.717, 1.165) is 28.4 Å². The monoisotopic (exact) mass is 420 g/mol. The van der Waals surface area contributed by atoms with Crippen molar-refractivity contribution in [1.82, 2.24) is 0 Å². The normalized spacial score (nSPS) is 11.8. The summed E-state index contributed by atoms with van der Waals surface area (Å²) in [6, 6.07) is 26.2. The lowest BCUT2D eigenvalue weighted by Gasteiger charge is -2.36. The molecule has 0 fully saturated rings. The van der Waals surface area contributed by atoms with Crippen LogP contribution in [0.3, 0.4) is 0 Å². The second-order valence-corrected chi connectivity index (χ2v) is 13.8. The molecule has 0 saturated carbocycles. The second kappa shape index (κ2) is 9.39. The molecule has 0 aliphatic rings. The molecule has 3 aromatic carbocycles. The van der Waals surface area contributed by atoms with Crippen LogP contribution in [-0.2, 0) is 13.2 Å². The van der Waals surface area contributed by atoms with Gasteiger partial charge in [-0.25, -0.2) is 0 Å². The molecule has 4 heteroatoms. The molecule has 0 aliphatic carbocycles. The van der Waals surface area contributed by atoms with Crippen molar-refractivity contribution in [2.45, 2.75) is 52.1 Å². The van der Waals surface area contributed by atoms with Gasteiger partial charge in [-0.1, -0.05) is 81.4 Å². The van der Waals surface area contributed by atoms with Crippen molar-refractivity contribution in [3.63, 3.8) is 0 Å². The van der Waals surface area contributed by atoms with Crippen molar-refractivity contribution < 1.29 is 13.9 Å². The highest BCUT2D eigenvalue weighted by molar-refractivity contribution is 6.74. The molecule has 0 N–H and O–H groups in total. The first-order valence-electron chi connectivity index (χ1n) is 10.4. The van der Waals surface area contributed by atoms with E-state index in [9.17, 15) is 0 Å². The van der Waals surface area contributed by atoms with Crippen molar-refractivity contribution in [3.05, 3.63) is 90.0 Å². The van der Waals surface area contributed by atoms with Gasteiger partial charge in [-0.3, -0.25) is 0 Å². The van der Waals surface area contributed by atoms with Crippen molar-refractivity contribution in [2.24, 2.45) is 0 Å². The van der Waals surface area contributed by atoms with Crippen molar-refractivity contribution >= 4 is 8.32 Å². The van der Waals surface area contributed by atoms with Crippen LogP contribution in [-0.4, -0.2) is 8.32 Å². The maximum absolute atomic E-state index is 6.53. The molecule has 0 heterocycles. The van der Waals surface area contributed by atoms with Gasteiger partial charge < -0.3 is 13.9 Å². The molecule has 158 valence electrons. The van der Waals surface area contributed by atoms with Gasteiger partial charge in [0.25, 0.3) is 0 Å². The Morgan fingerprint density at radius 2 is 1.03 bits per heavy atom. The Bertz CT molecular complexity index is 870. The number of rotatable bonds is 8. The fourth-order valence-corrected chi connectivity index (χ4v) is 3.71. The zero-order valence-electron chi connectivity index (χ0n) is 18.6. The minimum Gasteiger partial charge on any atom is -0.543 e. The Hall–Kier alpha value is -2.72. The smallest absolute Gasteiger partial charge is 0.250 e. The average Bonchev–Trinajstić information content (AvgIpc) is 2.71. The van der Waals surface area contributed by atoms with E-state index in [1.807, 2.05) is 54.6 Å². The summed E-state index contributed by atoms with van der Waals surface area (Å²) in [5.74, 6) is 2.30. The molecule has 0 amide bonds. The van der Waals surface area contributed by atoms with Gasteiger partial charge in [0.05, 0.1) is 0 Å². The van der Waals surface area contributed by atoms with Gasteiger partial charge in [-0.05, 0) is 29.3 Å². The molecule has 3 rings (SSSR count). The summed E-state index contributed by atoms with van der Waals surface area (Å²) in [5.41, 5.74) is 2.25. The van der Waals surface area contributed by atoms with Crippen LogP contribution < -0.4 is 13.9 Å². The number of hydrogen-bond acceptors (Lipinski definition) is 3. The van der Waals surface area contributed by atoms with Gasteiger partial charge in [0.2, 0.25) is 8.32 Å². The summed E-state index contributed by atoms with van der Waals surface area (Å²) in [6.07, 6.45) is 0. The van der Waals surface area contributed by atoms with E-state index in [1.54, 1.807) is 0 Å². The molecule has 0 unspecified atom stereocenters. The van der Waals surface area contributed by atoms with Crippen LogP contribution in [0.1, 0.15) is 31.9 Å². The lowest BCUT2D eigenvalue weighted by atomic mass is 10.2. The lowest BCUT2D eigenvalue weighted by Crippen LogP contribution is -2.43. The van der Waals surface area contributed by atoms with Crippen LogP contribution in [0.2, 0.25) is 18.1 Å². The molecule has 0 saturated heterocycles. The van der Waals surface area contributed by atoms with Crippen molar-refractivity contribution in [1.29, 1.82) is 0 Å². The first-order chi connectivity index (χ1) is 14.2. The molecule has 0 aliphatic heterocycles. The fourth-order valence-electron chi connectivity index (χ4n) is 2.70. The lowest BCUT2D eigenvalue weighted by molar-refractivity contribution is 0.288. The first kappa shape index (κ1) is 22.0. The van der Waals surface area contributed by atoms with E-state index in [1.165, 1.54) is 0 Å². The molecule has 0 atom stereocenters. The quantitative estimate of drug-likeness (QED) is 0.360. The standard InChI is InChI=1S/C26H32O3Si/c1-26(2,3)30(4,5)29-25-17-23(27-19-21-12-8-6-9-13-21)16-24(18-25)28-20-22-14-10-7-11-15-22/h6-18H,19-20H2,1-5H3. The summed E-state index contributed by atoms with van der Waals surface area (Å²) in [6.45, 7) is 12.2. The first-order valence-corrected chi connectivity index (χ1v) is 13.3. The van der Waals surface area contributed by atoms with E-state index in [0.29, 0.717) is 13.2 Å². The molecule has 3 aromatic rings. The zero-order valence-corrected chi connectivity index (χ0v) is 19.6. The summed E-state index contributed by atoms with van der Waals surface area (Å²) < 4.78 is 18.7. The van der Waals surface area contributed by atoms with Gasteiger partial charge in [-0.2, -0.15) is 0 Å². The van der Waals surface area contributed by atoms with Crippen LogP contribution in [0.4, 0.5) is 0 Å². The van der Waals surface area contributed by atoms with E-state index >= 15 is 0 Å². The molecule has 0 spiro atoms. The van der Waals surface area contributed by atoms with E-state index in [-0.39, 0.29) is 5.04 Å². The van der Waals surface area contributed by atoms with Gasteiger partial charge in [0.15, 0.2) is 0 Å². The molecule has 3 nitrogen and oxygen atoms in total. The Labute approximate surface area is 181 Å². The minimum atomic E-state index is -1.98. The fraction of sp³-hybridized carbons (Fsp3) is 0.308. The maximum atomic E-state index is 6.53. The van der Waals surface area contributed by atoms with Crippen LogP contribution in [0.25, 0.3) is 0 Å². The molecule has 30 heavy (non-hydrogen) atoms. The van der Waals surface area contributed by atoms with Crippen LogP contribution in [0.15, 0.2) is 78.9 Å². The highest BCUT2D eigenvalue weighted by atomic mass is 28.4. The van der Waals surface area contributed by atoms with Gasteiger partial charge in [-0.15, -0.1) is 0 Å². The Balaban J connectivity index is 1.81. The van der Waals surface area contributed by atoms with Crippen molar-refractivity contribution in [3.8, 4) is 17.2 Å². The Morgan fingerprint density at radius 1 is 0.633 bits per heavy atom. The van der Waals surface area contributed by atoms with Crippen molar-refractivity contribution in [2.75, 3.05) is 0 Å². The van der Waals surface area contributed by atoms with Crippen LogP contribution in [0.5, 0.6) is 17.2 Å². The highest BCUT2D eigenvalue weighted by Crippen LogP contribution is 2.39. The SMILES string of the molecule is CC(C)(C)[Si](C)(C)Oc1cc(OCc2ccccc2)cc(OCc2ccccc2)c1.